The minimum Gasteiger partial charge on any atom is -0.502 e. The normalized spacial score (nSPS) is 10.6. The summed E-state index contributed by atoms with van der Waals surface area (Å²) in [5.41, 5.74) is -0.703. The van der Waals surface area contributed by atoms with E-state index in [0.29, 0.717) is 5.56 Å². The summed E-state index contributed by atoms with van der Waals surface area (Å²) in [7, 11) is 1.43. The summed E-state index contributed by atoms with van der Waals surface area (Å²) in [6, 6.07) is 5.44. The molecule has 6 heteroatoms. The molecule has 0 aliphatic heterocycles. The molecule has 94 valence electrons. The van der Waals surface area contributed by atoms with E-state index in [-0.39, 0.29) is 6.54 Å². The predicted octanol–water partition coefficient (Wildman–Crippen LogP) is 0.440. The Morgan fingerprint density at radius 2 is 1.83 bits per heavy atom. The average molecular weight is 250 g/mol. The number of aromatic hydroxyl groups is 1. The zero-order chi connectivity index (χ0) is 13.3. The Labute approximate surface area is 101 Å². The molecule has 0 amide bonds. The van der Waals surface area contributed by atoms with Crippen LogP contribution < -0.4 is 11.2 Å². The van der Waals surface area contributed by atoms with Crippen LogP contribution in [0.1, 0.15) is 5.56 Å². The van der Waals surface area contributed by atoms with E-state index in [9.17, 15) is 19.1 Å². The second kappa shape index (κ2) is 4.48. The summed E-state index contributed by atoms with van der Waals surface area (Å²) in [6.07, 6.45) is 1.06. The molecule has 0 aliphatic rings. The lowest BCUT2D eigenvalue weighted by Crippen LogP contribution is -2.38. The van der Waals surface area contributed by atoms with E-state index >= 15 is 0 Å². The second-order valence-corrected chi connectivity index (χ2v) is 3.93. The summed E-state index contributed by atoms with van der Waals surface area (Å²) < 4.78 is 14.7. The Kier molecular flexibility index (Phi) is 3.01. The summed E-state index contributed by atoms with van der Waals surface area (Å²) in [4.78, 5) is 23.4. The first-order valence-corrected chi connectivity index (χ1v) is 5.23. The van der Waals surface area contributed by atoms with E-state index in [2.05, 4.69) is 0 Å². The molecule has 2 rings (SSSR count). The largest absolute Gasteiger partial charge is 0.502 e. The Morgan fingerprint density at radius 3 is 2.44 bits per heavy atom. The molecule has 0 aliphatic carbocycles. The Morgan fingerprint density at radius 1 is 1.22 bits per heavy atom. The molecule has 0 saturated heterocycles. The lowest BCUT2D eigenvalue weighted by molar-refractivity contribution is 0.443. The zero-order valence-corrected chi connectivity index (χ0v) is 9.63. The van der Waals surface area contributed by atoms with Crippen molar-refractivity contribution in [3.63, 3.8) is 0 Å². The minimum absolute atomic E-state index is 0.0137. The summed E-state index contributed by atoms with van der Waals surface area (Å²) in [5.74, 6) is -0.894. The van der Waals surface area contributed by atoms with Gasteiger partial charge in [-0.15, -0.1) is 0 Å². The van der Waals surface area contributed by atoms with Gasteiger partial charge < -0.3 is 5.11 Å². The molecular weight excluding hydrogens is 239 g/mol. The molecule has 1 heterocycles. The molecule has 1 aromatic carbocycles. The molecule has 0 atom stereocenters. The van der Waals surface area contributed by atoms with Gasteiger partial charge >= 0.3 is 5.69 Å². The van der Waals surface area contributed by atoms with Crippen molar-refractivity contribution in [3.05, 3.63) is 62.7 Å². The van der Waals surface area contributed by atoms with Gasteiger partial charge in [-0.05, 0) is 17.7 Å². The van der Waals surface area contributed by atoms with E-state index in [1.807, 2.05) is 0 Å². The number of halogens is 1. The van der Waals surface area contributed by atoms with Gasteiger partial charge in [-0.1, -0.05) is 12.1 Å². The molecule has 0 saturated carbocycles. The van der Waals surface area contributed by atoms with Gasteiger partial charge in [0.1, 0.15) is 5.82 Å². The number of hydrogen-bond donors (Lipinski definition) is 1. The SMILES string of the molecule is Cn1cc(O)c(=O)n(Cc2ccc(F)cc2)c1=O. The molecule has 2 aromatic rings. The highest BCUT2D eigenvalue weighted by molar-refractivity contribution is 5.18. The molecule has 0 spiro atoms. The van der Waals surface area contributed by atoms with E-state index in [0.717, 1.165) is 15.3 Å². The van der Waals surface area contributed by atoms with Crippen LogP contribution in [-0.2, 0) is 13.6 Å². The maximum atomic E-state index is 12.7. The van der Waals surface area contributed by atoms with Gasteiger partial charge in [-0.3, -0.25) is 13.9 Å². The van der Waals surface area contributed by atoms with Crippen LogP contribution in [0.2, 0.25) is 0 Å². The van der Waals surface area contributed by atoms with Gasteiger partial charge in [0.25, 0.3) is 5.56 Å². The smallest absolute Gasteiger partial charge is 0.331 e. The van der Waals surface area contributed by atoms with Gasteiger partial charge in [0.15, 0.2) is 5.75 Å². The minimum atomic E-state index is -0.762. The van der Waals surface area contributed by atoms with Crippen molar-refractivity contribution in [2.75, 3.05) is 0 Å². The Bertz CT molecular complexity index is 652. The van der Waals surface area contributed by atoms with Crippen LogP contribution in [-0.4, -0.2) is 14.2 Å². The number of hydrogen-bond acceptors (Lipinski definition) is 3. The van der Waals surface area contributed by atoms with Crippen molar-refractivity contribution in [2.24, 2.45) is 7.05 Å². The zero-order valence-electron chi connectivity index (χ0n) is 9.63. The van der Waals surface area contributed by atoms with Crippen LogP contribution >= 0.6 is 0 Å². The number of benzene rings is 1. The van der Waals surface area contributed by atoms with Gasteiger partial charge in [0.2, 0.25) is 0 Å². The molecule has 1 aromatic heterocycles. The lowest BCUT2D eigenvalue weighted by atomic mass is 10.2. The van der Waals surface area contributed by atoms with Crippen molar-refractivity contribution in [1.29, 1.82) is 0 Å². The summed E-state index contributed by atoms with van der Waals surface area (Å²) >= 11 is 0. The van der Waals surface area contributed by atoms with E-state index in [1.165, 1.54) is 31.3 Å². The highest BCUT2D eigenvalue weighted by Crippen LogP contribution is 2.04. The molecule has 0 bridgehead atoms. The Hall–Kier alpha value is -2.37. The van der Waals surface area contributed by atoms with Gasteiger partial charge in [0, 0.05) is 7.05 Å². The summed E-state index contributed by atoms with van der Waals surface area (Å²) in [5, 5.41) is 9.37. The number of aryl methyl sites for hydroxylation is 1. The number of nitrogens with zero attached hydrogens (tertiary/aromatic N) is 2. The van der Waals surface area contributed by atoms with Crippen LogP contribution in [0.3, 0.4) is 0 Å². The van der Waals surface area contributed by atoms with Crippen LogP contribution in [0.25, 0.3) is 0 Å². The van der Waals surface area contributed by atoms with Crippen LogP contribution in [0.15, 0.2) is 40.1 Å². The fourth-order valence-corrected chi connectivity index (χ4v) is 1.62. The number of rotatable bonds is 2. The van der Waals surface area contributed by atoms with Crippen LogP contribution in [0.5, 0.6) is 5.75 Å². The highest BCUT2D eigenvalue weighted by atomic mass is 19.1. The second-order valence-electron chi connectivity index (χ2n) is 3.93. The van der Waals surface area contributed by atoms with Crippen molar-refractivity contribution in [3.8, 4) is 5.75 Å². The topological polar surface area (TPSA) is 64.2 Å². The monoisotopic (exact) mass is 250 g/mol. The molecule has 18 heavy (non-hydrogen) atoms. The molecular formula is C12H11FN2O3. The van der Waals surface area contributed by atoms with Gasteiger partial charge in [-0.25, -0.2) is 9.18 Å². The fraction of sp³-hybridized carbons (Fsp3) is 0.167. The van der Waals surface area contributed by atoms with E-state index in [4.69, 9.17) is 0 Å². The molecule has 0 unspecified atom stereocenters. The van der Waals surface area contributed by atoms with E-state index < -0.39 is 22.8 Å². The molecule has 1 N–H and O–H groups in total. The first-order chi connectivity index (χ1) is 8.49. The number of aromatic nitrogens is 2. The maximum Gasteiger partial charge on any atom is 0.331 e. The highest BCUT2D eigenvalue weighted by Gasteiger charge is 2.09. The van der Waals surface area contributed by atoms with Crippen LogP contribution in [0, 0.1) is 5.82 Å². The first kappa shape index (κ1) is 12.1. The first-order valence-electron chi connectivity index (χ1n) is 5.23. The maximum absolute atomic E-state index is 12.7. The van der Waals surface area contributed by atoms with Crippen molar-refractivity contribution >= 4 is 0 Å². The van der Waals surface area contributed by atoms with Crippen molar-refractivity contribution < 1.29 is 9.50 Å². The lowest BCUT2D eigenvalue weighted by Gasteiger charge is -2.07. The third kappa shape index (κ3) is 2.17. The standard InChI is InChI=1S/C12H11FN2O3/c1-14-7-10(16)11(17)15(12(14)18)6-8-2-4-9(13)5-3-8/h2-5,7,16H,6H2,1H3. The molecule has 5 nitrogen and oxygen atoms in total. The third-order valence-corrected chi connectivity index (χ3v) is 2.57. The predicted molar refractivity (Wildman–Crippen MR) is 63.1 cm³/mol. The van der Waals surface area contributed by atoms with Gasteiger partial charge in [-0.2, -0.15) is 0 Å². The van der Waals surface area contributed by atoms with Crippen molar-refractivity contribution in [1.82, 2.24) is 9.13 Å². The third-order valence-electron chi connectivity index (χ3n) is 2.57. The summed E-state index contributed by atoms with van der Waals surface area (Å²) in [6.45, 7) is -0.0137. The van der Waals surface area contributed by atoms with E-state index in [1.54, 1.807) is 0 Å². The molecule has 0 fully saturated rings. The van der Waals surface area contributed by atoms with Crippen molar-refractivity contribution in [2.45, 2.75) is 6.54 Å². The van der Waals surface area contributed by atoms with Crippen LogP contribution in [0.4, 0.5) is 4.39 Å². The fourth-order valence-electron chi connectivity index (χ4n) is 1.62. The Balaban J connectivity index is 2.50. The molecule has 0 radical (unpaired) electrons. The van der Waals surface area contributed by atoms with Gasteiger partial charge in [0.05, 0.1) is 12.7 Å². The quantitative estimate of drug-likeness (QED) is 0.841. The average Bonchev–Trinajstić information content (AvgIpc) is 2.34.